The van der Waals surface area contributed by atoms with Crippen LogP contribution in [0.2, 0.25) is 0 Å². The molecular weight excluding hydrogens is 280 g/mol. The zero-order valence-corrected chi connectivity index (χ0v) is 12.2. The van der Waals surface area contributed by atoms with E-state index in [0.29, 0.717) is 5.57 Å². The molecule has 0 radical (unpaired) electrons. The van der Waals surface area contributed by atoms with Crippen molar-refractivity contribution < 1.29 is 20.4 Å². The third kappa shape index (κ3) is 3.04. The maximum Gasteiger partial charge on any atom is 0.114 e. The van der Waals surface area contributed by atoms with Crippen LogP contribution in [0.4, 0.5) is 0 Å². The maximum absolute atomic E-state index is 10.7. The number of aliphatic hydroxyl groups excluding tert-OH is 4. The highest BCUT2D eigenvalue weighted by Gasteiger charge is 2.36. The highest BCUT2D eigenvalue weighted by molar-refractivity contribution is 5.81. The average molecular weight is 300 g/mol. The van der Waals surface area contributed by atoms with Crippen LogP contribution in [-0.2, 0) is 0 Å². The molecule has 0 aromatic heterocycles. The number of benzene rings is 2. The van der Waals surface area contributed by atoms with Crippen LogP contribution in [0.3, 0.4) is 0 Å². The fraction of sp³-hybridized carbons (Fsp3) is 0.222. The SMILES string of the molecule is OCC(CO)(CO)C(O)=C(c1ccccc1)c1ccccc1. The minimum atomic E-state index is -1.49. The van der Waals surface area contributed by atoms with Gasteiger partial charge in [-0.05, 0) is 11.1 Å². The third-order valence-electron chi connectivity index (χ3n) is 3.77. The summed E-state index contributed by atoms with van der Waals surface area (Å²) in [5, 5.41) is 39.5. The molecule has 4 heteroatoms. The van der Waals surface area contributed by atoms with Crippen molar-refractivity contribution in [2.75, 3.05) is 19.8 Å². The Morgan fingerprint density at radius 3 is 1.36 bits per heavy atom. The van der Waals surface area contributed by atoms with Crippen molar-refractivity contribution in [1.29, 1.82) is 0 Å². The van der Waals surface area contributed by atoms with Crippen LogP contribution in [0.1, 0.15) is 11.1 Å². The summed E-state index contributed by atoms with van der Waals surface area (Å²) in [6.07, 6.45) is 0. The molecule has 2 aromatic rings. The molecule has 4 nitrogen and oxygen atoms in total. The lowest BCUT2D eigenvalue weighted by Crippen LogP contribution is -2.36. The summed E-state index contributed by atoms with van der Waals surface area (Å²) >= 11 is 0. The Morgan fingerprint density at radius 2 is 1.05 bits per heavy atom. The van der Waals surface area contributed by atoms with E-state index in [1.807, 2.05) is 60.7 Å². The lowest BCUT2D eigenvalue weighted by molar-refractivity contribution is 0.00588. The molecule has 0 spiro atoms. The average Bonchev–Trinajstić information content (AvgIpc) is 2.59. The molecule has 0 aliphatic rings. The predicted octanol–water partition coefficient (Wildman–Crippen LogP) is 1.97. The van der Waals surface area contributed by atoms with Crippen LogP contribution in [0.5, 0.6) is 0 Å². The summed E-state index contributed by atoms with van der Waals surface area (Å²) < 4.78 is 0. The molecule has 0 unspecified atom stereocenters. The van der Waals surface area contributed by atoms with E-state index in [9.17, 15) is 20.4 Å². The Kier molecular flexibility index (Phi) is 5.33. The zero-order chi connectivity index (χ0) is 16.0. The van der Waals surface area contributed by atoms with E-state index in [4.69, 9.17) is 0 Å². The van der Waals surface area contributed by atoms with Crippen molar-refractivity contribution in [2.45, 2.75) is 0 Å². The second kappa shape index (κ2) is 7.22. The van der Waals surface area contributed by atoms with Gasteiger partial charge in [0.25, 0.3) is 0 Å². The maximum atomic E-state index is 10.7. The van der Waals surface area contributed by atoms with E-state index in [0.717, 1.165) is 11.1 Å². The van der Waals surface area contributed by atoms with Crippen LogP contribution in [0.15, 0.2) is 66.4 Å². The van der Waals surface area contributed by atoms with Gasteiger partial charge in [-0.15, -0.1) is 0 Å². The summed E-state index contributed by atoms with van der Waals surface area (Å²) in [6, 6.07) is 18.4. The van der Waals surface area contributed by atoms with Gasteiger partial charge in [0.2, 0.25) is 0 Å². The topological polar surface area (TPSA) is 80.9 Å². The fourth-order valence-corrected chi connectivity index (χ4v) is 2.29. The van der Waals surface area contributed by atoms with Gasteiger partial charge in [0, 0.05) is 5.57 Å². The van der Waals surface area contributed by atoms with Gasteiger partial charge < -0.3 is 20.4 Å². The van der Waals surface area contributed by atoms with Crippen LogP contribution >= 0.6 is 0 Å². The predicted molar refractivity (Wildman–Crippen MR) is 85.2 cm³/mol. The summed E-state index contributed by atoms with van der Waals surface area (Å²) in [5.74, 6) is -0.225. The Balaban J connectivity index is 2.70. The van der Waals surface area contributed by atoms with Gasteiger partial charge in [0.1, 0.15) is 5.76 Å². The van der Waals surface area contributed by atoms with Crippen LogP contribution in [0.25, 0.3) is 5.57 Å². The Morgan fingerprint density at radius 1 is 0.682 bits per heavy atom. The molecule has 2 aromatic carbocycles. The monoisotopic (exact) mass is 300 g/mol. The summed E-state index contributed by atoms with van der Waals surface area (Å²) in [5.41, 5.74) is 0.483. The minimum absolute atomic E-state index is 0.225. The quantitative estimate of drug-likeness (QED) is 0.615. The highest BCUT2D eigenvalue weighted by atomic mass is 16.3. The van der Waals surface area contributed by atoms with Crippen molar-refractivity contribution in [1.82, 2.24) is 0 Å². The van der Waals surface area contributed by atoms with Gasteiger partial charge in [-0.2, -0.15) is 0 Å². The first kappa shape index (κ1) is 16.2. The summed E-state index contributed by atoms with van der Waals surface area (Å²) in [6.45, 7) is -1.68. The fourth-order valence-electron chi connectivity index (χ4n) is 2.29. The molecule has 0 amide bonds. The molecular formula is C18H20O4. The third-order valence-corrected chi connectivity index (χ3v) is 3.77. The molecule has 0 atom stereocenters. The Labute approximate surface area is 129 Å². The van der Waals surface area contributed by atoms with Crippen molar-refractivity contribution >= 4 is 5.57 Å². The van der Waals surface area contributed by atoms with Gasteiger partial charge in [0.15, 0.2) is 0 Å². The first-order valence-electron chi connectivity index (χ1n) is 7.05. The van der Waals surface area contributed by atoms with Crippen molar-refractivity contribution in [3.05, 3.63) is 77.5 Å². The first-order chi connectivity index (χ1) is 10.7. The summed E-state index contributed by atoms with van der Waals surface area (Å²) in [7, 11) is 0. The van der Waals surface area contributed by atoms with Crippen LogP contribution in [0, 0.1) is 5.41 Å². The normalized spacial score (nSPS) is 11.2. The van der Waals surface area contributed by atoms with E-state index >= 15 is 0 Å². The molecule has 0 saturated carbocycles. The van der Waals surface area contributed by atoms with E-state index in [2.05, 4.69) is 0 Å². The number of hydrogen-bond acceptors (Lipinski definition) is 4. The van der Waals surface area contributed by atoms with Crippen molar-refractivity contribution in [2.24, 2.45) is 5.41 Å². The van der Waals surface area contributed by atoms with Gasteiger partial charge in [-0.1, -0.05) is 60.7 Å². The molecule has 0 aliphatic heterocycles. The van der Waals surface area contributed by atoms with Crippen molar-refractivity contribution in [3.8, 4) is 0 Å². The molecule has 0 saturated heterocycles. The van der Waals surface area contributed by atoms with E-state index in [1.54, 1.807) is 0 Å². The Hall–Kier alpha value is -2.14. The molecule has 2 rings (SSSR count). The lowest BCUT2D eigenvalue weighted by atomic mass is 9.82. The number of rotatable bonds is 6. The summed E-state index contributed by atoms with van der Waals surface area (Å²) in [4.78, 5) is 0. The second-order valence-corrected chi connectivity index (χ2v) is 5.21. The highest BCUT2D eigenvalue weighted by Crippen LogP contribution is 2.35. The molecule has 0 bridgehead atoms. The first-order valence-corrected chi connectivity index (χ1v) is 7.05. The van der Waals surface area contributed by atoms with E-state index in [-0.39, 0.29) is 5.76 Å². The minimum Gasteiger partial charge on any atom is -0.511 e. The van der Waals surface area contributed by atoms with Gasteiger partial charge in [-0.3, -0.25) is 0 Å². The smallest absolute Gasteiger partial charge is 0.114 e. The number of aliphatic hydroxyl groups is 4. The zero-order valence-electron chi connectivity index (χ0n) is 12.2. The van der Waals surface area contributed by atoms with Crippen LogP contribution < -0.4 is 0 Å². The molecule has 116 valence electrons. The van der Waals surface area contributed by atoms with E-state index < -0.39 is 25.2 Å². The molecule has 0 heterocycles. The van der Waals surface area contributed by atoms with Crippen LogP contribution in [-0.4, -0.2) is 40.2 Å². The standard InChI is InChI=1S/C18H20O4/c19-11-18(12-20,13-21)17(22)16(14-7-3-1-4-8-14)15-9-5-2-6-10-15/h1-10,19-22H,11-13H2. The molecule has 0 fully saturated rings. The number of hydrogen-bond donors (Lipinski definition) is 4. The Bertz CT molecular complexity index is 566. The van der Waals surface area contributed by atoms with Gasteiger partial charge >= 0.3 is 0 Å². The van der Waals surface area contributed by atoms with Gasteiger partial charge in [0.05, 0.1) is 25.2 Å². The second-order valence-electron chi connectivity index (χ2n) is 5.21. The molecule has 0 aliphatic carbocycles. The lowest BCUT2D eigenvalue weighted by Gasteiger charge is -2.29. The van der Waals surface area contributed by atoms with Crippen molar-refractivity contribution in [3.63, 3.8) is 0 Å². The van der Waals surface area contributed by atoms with Gasteiger partial charge in [-0.25, -0.2) is 0 Å². The largest absolute Gasteiger partial charge is 0.511 e. The van der Waals surface area contributed by atoms with E-state index in [1.165, 1.54) is 0 Å². The molecule has 4 N–H and O–H groups in total. The molecule has 22 heavy (non-hydrogen) atoms.